The molecule has 0 aliphatic carbocycles. The number of allylic oxidation sites excluding steroid dienone is 1. The molecule has 122 valence electrons. The Bertz CT molecular complexity index is 704. The van der Waals surface area contributed by atoms with Crippen molar-refractivity contribution in [3.8, 4) is 0 Å². The Hall–Kier alpha value is -1.47. The summed E-state index contributed by atoms with van der Waals surface area (Å²) in [7, 11) is -8.40. The predicted octanol–water partition coefficient (Wildman–Crippen LogP) is 1.90. The minimum atomic E-state index is -4.20. The first-order chi connectivity index (χ1) is 10.3. The van der Waals surface area contributed by atoms with Crippen LogP contribution >= 0.6 is 0 Å². The van der Waals surface area contributed by atoms with E-state index in [0.717, 1.165) is 5.56 Å². The topological polar surface area (TPSA) is 85.3 Å². The lowest BCUT2D eigenvalue weighted by Crippen LogP contribution is -2.23. The number of hydrogen-bond acceptors (Lipinski definition) is 5. The summed E-state index contributed by atoms with van der Waals surface area (Å²) in [5, 5.41) is 0. The highest BCUT2D eigenvalue weighted by molar-refractivity contribution is 8.67. The van der Waals surface area contributed by atoms with Crippen LogP contribution in [0.4, 0.5) is 0 Å². The summed E-state index contributed by atoms with van der Waals surface area (Å²) in [4.78, 5) is 11.0. The van der Waals surface area contributed by atoms with Gasteiger partial charge in [0.25, 0.3) is 17.7 Å². The van der Waals surface area contributed by atoms with Gasteiger partial charge in [-0.25, -0.2) is 16.8 Å². The van der Waals surface area contributed by atoms with E-state index in [0.29, 0.717) is 6.42 Å². The van der Waals surface area contributed by atoms with Crippen LogP contribution in [0.15, 0.2) is 43.0 Å². The van der Waals surface area contributed by atoms with Crippen LogP contribution in [-0.2, 0) is 29.0 Å². The molecule has 0 spiro atoms. The molecule has 5 nitrogen and oxygen atoms in total. The van der Waals surface area contributed by atoms with Crippen LogP contribution in [-0.4, -0.2) is 34.1 Å². The van der Waals surface area contributed by atoms with Gasteiger partial charge in [0.2, 0.25) is 0 Å². The molecule has 0 aliphatic rings. The van der Waals surface area contributed by atoms with Gasteiger partial charge < -0.3 is 0 Å². The molecule has 0 amide bonds. The summed E-state index contributed by atoms with van der Waals surface area (Å²) in [6.07, 6.45) is 2.00. The maximum atomic E-state index is 11.9. The maximum Gasteiger partial charge on any atom is 0.253 e. The highest BCUT2D eigenvalue weighted by Crippen LogP contribution is 2.12. The molecule has 1 rings (SSSR count). The first kappa shape index (κ1) is 18.6. The second kappa shape index (κ2) is 8.24. The van der Waals surface area contributed by atoms with Gasteiger partial charge in [0, 0.05) is 6.42 Å². The fourth-order valence-electron chi connectivity index (χ4n) is 1.82. The van der Waals surface area contributed by atoms with Crippen LogP contribution in [0.1, 0.15) is 24.8 Å². The van der Waals surface area contributed by atoms with Crippen molar-refractivity contribution in [1.29, 1.82) is 0 Å². The van der Waals surface area contributed by atoms with Crippen LogP contribution in [0, 0.1) is 0 Å². The van der Waals surface area contributed by atoms with E-state index in [1.165, 1.54) is 6.08 Å². The van der Waals surface area contributed by atoms with Crippen LogP contribution in [0.3, 0.4) is 0 Å². The highest BCUT2D eigenvalue weighted by atomic mass is 33.2. The third-order valence-electron chi connectivity index (χ3n) is 3.17. The molecule has 0 atom stereocenters. The molecule has 0 radical (unpaired) electrons. The van der Waals surface area contributed by atoms with Crippen LogP contribution in [0.25, 0.3) is 0 Å². The second-order valence-corrected chi connectivity index (χ2v) is 11.0. The number of ketones is 1. The van der Waals surface area contributed by atoms with E-state index >= 15 is 0 Å². The van der Waals surface area contributed by atoms with Gasteiger partial charge in [-0.3, -0.25) is 4.79 Å². The van der Waals surface area contributed by atoms with Crippen molar-refractivity contribution in [2.75, 3.05) is 11.5 Å². The normalized spacial score (nSPS) is 12.0. The molecule has 0 N–H and O–H groups in total. The van der Waals surface area contributed by atoms with Crippen LogP contribution in [0.2, 0.25) is 0 Å². The Labute approximate surface area is 131 Å². The van der Waals surface area contributed by atoms with Gasteiger partial charge >= 0.3 is 0 Å². The number of unbranched alkanes of at least 4 members (excludes halogenated alkanes) is 1. The van der Waals surface area contributed by atoms with Gasteiger partial charge in [-0.1, -0.05) is 36.9 Å². The van der Waals surface area contributed by atoms with Crippen molar-refractivity contribution in [1.82, 2.24) is 0 Å². The number of benzene rings is 1. The smallest absolute Gasteiger partial charge is 0.253 e. The standard InChI is InChI=1S/C15H20O5S2/c1-2-15(16)10-6-7-12-21(17,18)22(19,20)13-11-14-8-4-3-5-9-14/h2-5,8-9H,1,6-7,10-13H2. The molecule has 1 aromatic carbocycles. The molecular formula is C15H20O5S2. The Morgan fingerprint density at radius 2 is 1.55 bits per heavy atom. The monoisotopic (exact) mass is 344 g/mol. The largest absolute Gasteiger partial charge is 0.295 e. The highest BCUT2D eigenvalue weighted by Gasteiger charge is 2.28. The third-order valence-corrected chi connectivity index (χ3v) is 8.75. The Balaban J connectivity index is 2.55. The summed E-state index contributed by atoms with van der Waals surface area (Å²) >= 11 is 0. The van der Waals surface area contributed by atoms with E-state index in [1.807, 2.05) is 0 Å². The summed E-state index contributed by atoms with van der Waals surface area (Å²) in [5.41, 5.74) is 0.776. The van der Waals surface area contributed by atoms with E-state index in [2.05, 4.69) is 6.58 Å². The van der Waals surface area contributed by atoms with E-state index in [1.54, 1.807) is 30.3 Å². The van der Waals surface area contributed by atoms with Gasteiger partial charge in [-0.05, 0) is 30.9 Å². The van der Waals surface area contributed by atoms with Crippen molar-refractivity contribution in [3.63, 3.8) is 0 Å². The molecule has 0 saturated heterocycles. The average molecular weight is 344 g/mol. The first-order valence-electron chi connectivity index (χ1n) is 6.93. The van der Waals surface area contributed by atoms with Gasteiger partial charge in [0.15, 0.2) is 5.78 Å². The lowest BCUT2D eigenvalue weighted by atomic mass is 10.2. The molecule has 0 fully saturated rings. The number of carbonyl (C=O) groups is 1. The molecule has 1 aromatic rings. The quantitative estimate of drug-likeness (QED) is 0.368. The van der Waals surface area contributed by atoms with Gasteiger partial charge in [-0.2, -0.15) is 0 Å². The molecule has 7 heteroatoms. The van der Waals surface area contributed by atoms with Crippen molar-refractivity contribution >= 4 is 23.5 Å². The summed E-state index contributed by atoms with van der Waals surface area (Å²) in [5.74, 6) is -1.05. The van der Waals surface area contributed by atoms with E-state index in [-0.39, 0.29) is 25.0 Å². The molecule has 0 aliphatic heterocycles. The molecular weight excluding hydrogens is 324 g/mol. The molecule has 0 bridgehead atoms. The zero-order valence-electron chi connectivity index (χ0n) is 12.3. The maximum absolute atomic E-state index is 11.9. The third kappa shape index (κ3) is 5.73. The van der Waals surface area contributed by atoms with Crippen molar-refractivity contribution in [3.05, 3.63) is 48.6 Å². The lowest BCUT2D eigenvalue weighted by Gasteiger charge is -2.06. The fourth-order valence-corrected chi connectivity index (χ4v) is 5.50. The van der Waals surface area contributed by atoms with E-state index < -0.39 is 29.2 Å². The number of carbonyl (C=O) groups excluding carboxylic acids is 1. The van der Waals surface area contributed by atoms with E-state index in [9.17, 15) is 21.6 Å². The minimum absolute atomic E-state index is 0.145. The molecule has 0 heterocycles. The molecule has 22 heavy (non-hydrogen) atoms. The van der Waals surface area contributed by atoms with Gasteiger partial charge in [-0.15, -0.1) is 0 Å². The van der Waals surface area contributed by atoms with Crippen LogP contribution < -0.4 is 0 Å². The zero-order chi connectivity index (χ0) is 16.6. The fraction of sp³-hybridized carbons (Fsp3) is 0.400. The second-order valence-electron chi connectivity index (χ2n) is 4.89. The van der Waals surface area contributed by atoms with Gasteiger partial charge in [0.05, 0.1) is 11.5 Å². The molecule has 0 saturated carbocycles. The van der Waals surface area contributed by atoms with Gasteiger partial charge in [0.1, 0.15) is 0 Å². The summed E-state index contributed by atoms with van der Waals surface area (Å²) in [6.45, 7) is 3.32. The number of rotatable bonds is 10. The van der Waals surface area contributed by atoms with Crippen molar-refractivity contribution < 1.29 is 21.6 Å². The predicted molar refractivity (Wildman–Crippen MR) is 86.8 cm³/mol. The summed E-state index contributed by atoms with van der Waals surface area (Å²) < 4.78 is 47.7. The lowest BCUT2D eigenvalue weighted by molar-refractivity contribution is -0.114. The van der Waals surface area contributed by atoms with Crippen molar-refractivity contribution in [2.24, 2.45) is 0 Å². The Morgan fingerprint density at radius 3 is 2.14 bits per heavy atom. The Kier molecular flexibility index (Phi) is 6.96. The first-order valence-corrected chi connectivity index (χ1v) is 10.8. The van der Waals surface area contributed by atoms with E-state index in [4.69, 9.17) is 0 Å². The zero-order valence-corrected chi connectivity index (χ0v) is 13.9. The SMILES string of the molecule is C=CC(=O)CCCCS(=O)(=O)S(=O)(=O)CCc1ccccc1. The van der Waals surface area contributed by atoms with Crippen molar-refractivity contribution in [2.45, 2.75) is 25.7 Å². The number of hydrogen-bond donors (Lipinski definition) is 0. The molecule has 0 aromatic heterocycles. The minimum Gasteiger partial charge on any atom is -0.295 e. The molecule has 0 unspecified atom stereocenters. The average Bonchev–Trinajstić information content (AvgIpc) is 2.50. The number of aryl methyl sites for hydroxylation is 1. The Morgan fingerprint density at radius 1 is 0.955 bits per heavy atom. The van der Waals surface area contributed by atoms with Crippen LogP contribution in [0.5, 0.6) is 0 Å². The summed E-state index contributed by atoms with van der Waals surface area (Å²) in [6, 6.07) is 8.85.